The Kier molecular flexibility index (Phi) is 7.18. The highest BCUT2D eigenvalue weighted by Gasteiger charge is 2.15. The Morgan fingerprint density at radius 2 is 2.05 bits per heavy atom. The van der Waals surface area contributed by atoms with Crippen molar-refractivity contribution in [1.29, 1.82) is 0 Å². The molecule has 3 heteroatoms. The van der Waals surface area contributed by atoms with E-state index in [1.807, 2.05) is 11.8 Å². The van der Waals surface area contributed by atoms with E-state index in [4.69, 9.17) is 0 Å². The molecule has 0 heterocycles. The van der Waals surface area contributed by atoms with Gasteiger partial charge in [-0.3, -0.25) is 0 Å². The second kappa shape index (κ2) is 8.91. The molecule has 0 spiro atoms. The van der Waals surface area contributed by atoms with E-state index in [1.54, 1.807) is 5.57 Å². The Morgan fingerprint density at radius 1 is 1.25 bits per heavy atom. The molecule has 1 N–H and O–H groups in total. The summed E-state index contributed by atoms with van der Waals surface area (Å²) in [6.07, 6.45) is 8.94. The lowest BCUT2D eigenvalue weighted by atomic mass is 9.94. The molecule has 110 valence electrons. The van der Waals surface area contributed by atoms with Crippen LogP contribution < -0.4 is 5.32 Å². The highest BCUT2D eigenvalue weighted by Crippen LogP contribution is 2.26. The summed E-state index contributed by atoms with van der Waals surface area (Å²) in [5, 5.41) is 3.72. The Hall–Kier alpha value is -0.250. The van der Waals surface area contributed by atoms with Gasteiger partial charge in [-0.25, -0.2) is 0 Å². The molecule has 0 fully saturated rings. The maximum Gasteiger partial charge on any atom is 0.0374 e. The van der Waals surface area contributed by atoms with Gasteiger partial charge in [0.05, 0.1) is 0 Å². The van der Waals surface area contributed by atoms with Crippen LogP contribution in [0.1, 0.15) is 39.0 Å². The summed E-state index contributed by atoms with van der Waals surface area (Å²) >= 11 is 5.45. The predicted molar refractivity (Wildman–Crippen MR) is 93.5 cm³/mol. The maximum absolute atomic E-state index is 3.72. The van der Waals surface area contributed by atoms with Crippen molar-refractivity contribution >= 4 is 27.7 Å². The van der Waals surface area contributed by atoms with E-state index in [2.05, 4.69) is 58.5 Å². The number of thioether (sulfide) groups is 1. The third kappa shape index (κ3) is 5.27. The molecule has 1 aromatic rings. The molecular weight excluding hydrogens is 330 g/mol. The largest absolute Gasteiger partial charge is 0.310 e. The van der Waals surface area contributed by atoms with Crippen LogP contribution in [0.3, 0.4) is 0 Å². The minimum atomic E-state index is 0.545. The second-order valence-electron chi connectivity index (χ2n) is 5.30. The summed E-state index contributed by atoms with van der Waals surface area (Å²) in [5.74, 6) is 1.13. The molecule has 2 rings (SSSR count). The maximum atomic E-state index is 3.72. The topological polar surface area (TPSA) is 12.0 Å². The van der Waals surface area contributed by atoms with Crippen LogP contribution in [0.4, 0.5) is 0 Å². The minimum absolute atomic E-state index is 0.545. The van der Waals surface area contributed by atoms with Crippen LogP contribution in [0.5, 0.6) is 0 Å². The van der Waals surface area contributed by atoms with Gasteiger partial charge in [-0.2, -0.15) is 0 Å². The zero-order valence-electron chi connectivity index (χ0n) is 12.2. The van der Waals surface area contributed by atoms with Crippen LogP contribution in [0, 0.1) is 0 Å². The van der Waals surface area contributed by atoms with Crippen LogP contribution in [0.15, 0.2) is 45.3 Å². The second-order valence-corrected chi connectivity index (χ2v) is 7.31. The Morgan fingerprint density at radius 3 is 2.70 bits per heavy atom. The van der Waals surface area contributed by atoms with Gasteiger partial charge >= 0.3 is 0 Å². The number of allylic oxidation sites excluding steroid dienone is 1. The Bertz CT molecular complexity index is 427. The summed E-state index contributed by atoms with van der Waals surface area (Å²) in [6.45, 7) is 3.35. The van der Waals surface area contributed by atoms with Crippen molar-refractivity contribution in [2.45, 2.75) is 50.0 Å². The number of hydrogen-bond donors (Lipinski definition) is 1. The molecule has 1 aliphatic rings. The Labute approximate surface area is 135 Å². The number of rotatable bonds is 7. The molecule has 1 aromatic carbocycles. The molecule has 1 nitrogen and oxygen atoms in total. The first-order valence-electron chi connectivity index (χ1n) is 7.60. The first-order chi connectivity index (χ1) is 9.79. The van der Waals surface area contributed by atoms with Crippen molar-refractivity contribution in [3.8, 4) is 0 Å². The SMILES string of the molecule is CCCNC(CSc1ccc(Br)cc1)C1=CCCCC1. The number of halogens is 1. The van der Waals surface area contributed by atoms with Crippen LogP contribution in [-0.2, 0) is 0 Å². The highest BCUT2D eigenvalue weighted by atomic mass is 79.9. The fourth-order valence-electron chi connectivity index (χ4n) is 2.51. The van der Waals surface area contributed by atoms with Crippen molar-refractivity contribution in [3.63, 3.8) is 0 Å². The molecule has 20 heavy (non-hydrogen) atoms. The molecule has 0 amide bonds. The van der Waals surface area contributed by atoms with Gasteiger partial charge in [0.25, 0.3) is 0 Å². The van der Waals surface area contributed by atoms with Crippen molar-refractivity contribution in [3.05, 3.63) is 40.4 Å². The van der Waals surface area contributed by atoms with Crippen molar-refractivity contribution < 1.29 is 0 Å². The van der Waals surface area contributed by atoms with Gasteiger partial charge in [0.15, 0.2) is 0 Å². The zero-order chi connectivity index (χ0) is 14.2. The molecule has 1 atom stereocenters. The zero-order valence-corrected chi connectivity index (χ0v) is 14.6. The quantitative estimate of drug-likeness (QED) is 0.519. The summed E-state index contributed by atoms with van der Waals surface area (Å²) in [5.41, 5.74) is 1.63. The van der Waals surface area contributed by atoms with Gasteiger partial charge < -0.3 is 5.32 Å². The van der Waals surface area contributed by atoms with E-state index in [0.29, 0.717) is 6.04 Å². The van der Waals surface area contributed by atoms with Gasteiger partial charge in [0, 0.05) is 21.2 Å². The standard InChI is InChI=1S/C17H24BrNS/c1-2-12-19-17(14-6-4-3-5-7-14)13-20-16-10-8-15(18)9-11-16/h6,8-11,17,19H,2-5,7,12-13H2,1H3. The number of hydrogen-bond acceptors (Lipinski definition) is 2. The van der Waals surface area contributed by atoms with Crippen molar-refractivity contribution in [2.75, 3.05) is 12.3 Å². The third-order valence-electron chi connectivity index (χ3n) is 3.64. The smallest absolute Gasteiger partial charge is 0.0374 e. The van der Waals surface area contributed by atoms with E-state index in [0.717, 1.165) is 16.8 Å². The van der Waals surface area contributed by atoms with E-state index >= 15 is 0 Å². The molecular formula is C17H24BrNS. The van der Waals surface area contributed by atoms with Gasteiger partial charge in [0.1, 0.15) is 0 Å². The monoisotopic (exact) mass is 353 g/mol. The van der Waals surface area contributed by atoms with E-state index in [-0.39, 0.29) is 0 Å². The predicted octanol–water partition coefficient (Wildman–Crippen LogP) is 5.41. The minimum Gasteiger partial charge on any atom is -0.310 e. The molecule has 0 saturated heterocycles. The first-order valence-corrected chi connectivity index (χ1v) is 9.38. The molecule has 0 aliphatic heterocycles. The van der Waals surface area contributed by atoms with Crippen LogP contribution in [-0.4, -0.2) is 18.3 Å². The summed E-state index contributed by atoms with van der Waals surface area (Å²) in [6, 6.07) is 9.18. The van der Waals surface area contributed by atoms with Crippen LogP contribution in [0.25, 0.3) is 0 Å². The fraction of sp³-hybridized carbons (Fsp3) is 0.529. The van der Waals surface area contributed by atoms with Gasteiger partial charge in [-0.15, -0.1) is 11.8 Å². The van der Waals surface area contributed by atoms with E-state index in [1.165, 1.54) is 37.0 Å². The number of nitrogens with one attached hydrogen (secondary N) is 1. The summed E-state index contributed by atoms with van der Waals surface area (Å²) in [4.78, 5) is 1.35. The van der Waals surface area contributed by atoms with E-state index < -0.39 is 0 Å². The molecule has 0 aromatic heterocycles. The lowest BCUT2D eigenvalue weighted by molar-refractivity contribution is 0.562. The molecule has 0 radical (unpaired) electrons. The molecule has 1 unspecified atom stereocenters. The van der Waals surface area contributed by atoms with Crippen LogP contribution >= 0.6 is 27.7 Å². The average molecular weight is 354 g/mol. The molecule has 0 bridgehead atoms. The van der Waals surface area contributed by atoms with Crippen molar-refractivity contribution in [2.24, 2.45) is 0 Å². The van der Waals surface area contributed by atoms with Crippen molar-refractivity contribution in [1.82, 2.24) is 5.32 Å². The molecule has 1 aliphatic carbocycles. The molecule has 0 saturated carbocycles. The highest BCUT2D eigenvalue weighted by molar-refractivity contribution is 9.10. The summed E-state index contributed by atoms with van der Waals surface area (Å²) in [7, 11) is 0. The van der Waals surface area contributed by atoms with Crippen LogP contribution in [0.2, 0.25) is 0 Å². The first kappa shape index (κ1) is 16.1. The van der Waals surface area contributed by atoms with Gasteiger partial charge in [-0.05, 0) is 62.9 Å². The van der Waals surface area contributed by atoms with Gasteiger partial charge in [0.2, 0.25) is 0 Å². The third-order valence-corrected chi connectivity index (χ3v) is 5.28. The Balaban J connectivity index is 1.92. The lowest BCUT2D eigenvalue weighted by Gasteiger charge is -2.24. The average Bonchev–Trinajstić information content (AvgIpc) is 2.50. The lowest BCUT2D eigenvalue weighted by Crippen LogP contribution is -2.34. The fourth-order valence-corrected chi connectivity index (χ4v) is 3.79. The number of benzene rings is 1. The normalized spacial score (nSPS) is 16.8. The van der Waals surface area contributed by atoms with E-state index in [9.17, 15) is 0 Å². The van der Waals surface area contributed by atoms with Gasteiger partial charge in [-0.1, -0.05) is 34.5 Å². The summed E-state index contributed by atoms with van der Waals surface area (Å²) < 4.78 is 1.15.